The zero-order valence-electron chi connectivity index (χ0n) is 14.0. The Morgan fingerprint density at radius 1 is 1.41 bits per heavy atom. The zero-order valence-corrected chi connectivity index (χ0v) is 14.0. The molecule has 0 aliphatic carbocycles. The largest absolute Gasteiger partial charge is 0.504 e. The predicted octanol–water partition coefficient (Wildman–Crippen LogP) is 1.82. The summed E-state index contributed by atoms with van der Waals surface area (Å²) in [5.74, 6) is 0.721. The van der Waals surface area contributed by atoms with Gasteiger partial charge in [-0.25, -0.2) is 0 Å². The second kappa shape index (κ2) is 7.81. The van der Waals surface area contributed by atoms with Crippen molar-refractivity contribution in [2.24, 2.45) is 5.73 Å². The Morgan fingerprint density at radius 2 is 2.09 bits per heavy atom. The van der Waals surface area contributed by atoms with Crippen molar-refractivity contribution in [1.82, 2.24) is 9.80 Å². The summed E-state index contributed by atoms with van der Waals surface area (Å²) in [6, 6.07) is 6.26. The van der Waals surface area contributed by atoms with Crippen molar-refractivity contribution in [2.75, 3.05) is 40.3 Å². The van der Waals surface area contributed by atoms with Gasteiger partial charge in [-0.1, -0.05) is 6.07 Å². The van der Waals surface area contributed by atoms with Gasteiger partial charge in [0.05, 0.1) is 6.61 Å². The fourth-order valence-electron chi connectivity index (χ4n) is 3.20. The highest BCUT2D eigenvalue weighted by molar-refractivity contribution is 5.43. The predicted molar refractivity (Wildman–Crippen MR) is 89.4 cm³/mol. The van der Waals surface area contributed by atoms with Gasteiger partial charge in [0, 0.05) is 18.6 Å². The molecule has 124 valence electrons. The van der Waals surface area contributed by atoms with E-state index in [0.717, 1.165) is 18.7 Å². The number of hydrogen-bond acceptors (Lipinski definition) is 5. The third-order valence-electron chi connectivity index (χ3n) is 4.65. The van der Waals surface area contributed by atoms with Crippen molar-refractivity contribution < 1.29 is 9.84 Å². The number of hydrogen-bond donors (Lipinski definition) is 2. The van der Waals surface area contributed by atoms with E-state index < -0.39 is 0 Å². The van der Waals surface area contributed by atoms with Crippen molar-refractivity contribution in [2.45, 2.75) is 31.8 Å². The standard InChI is InChI=1S/C17H29N3O2/c1-4-22-17-11-13(5-6-16(17)21)15(12-18)20(3)14-7-9-19(2)10-8-14/h5-6,11,14-15,21H,4,7-10,12,18H2,1-3H3. The number of piperidine rings is 1. The molecule has 5 heteroatoms. The van der Waals surface area contributed by atoms with Crippen LogP contribution in [-0.2, 0) is 0 Å². The molecule has 1 saturated heterocycles. The van der Waals surface area contributed by atoms with Gasteiger partial charge >= 0.3 is 0 Å². The maximum atomic E-state index is 9.86. The average Bonchev–Trinajstić information content (AvgIpc) is 2.52. The molecular weight excluding hydrogens is 278 g/mol. The Morgan fingerprint density at radius 3 is 2.68 bits per heavy atom. The van der Waals surface area contributed by atoms with Crippen LogP contribution in [0.2, 0.25) is 0 Å². The summed E-state index contributed by atoms with van der Waals surface area (Å²) in [7, 11) is 4.33. The van der Waals surface area contributed by atoms with Crippen LogP contribution in [0, 0.1) is 0 Å². The number of rotatable bonds is 6. The molecule has 1 aromatic rings. The summed E-state index contributed by atoms with van der Waals surface area (Å²) in [4.78, 5) is 4.75. The van der Waals surface area contributed by atoms with E-state index in [0.29, 0.717) is 24.9 Å². The lowest BCUT2D eigenvalue weighted by Gasteiger charge is -2.39. The van der Waals surface area contributed by atoms with Crippen LogP contribution in [0.3, 0.4) is 0 Å². The van der Waals surface area contributed by atoms with Gasteiger partial charge in [0.15, 0.2) is 11.5 Å². The number of aromatic hydroxyl groups is 1. The number of nitrogens with two attached hydrogens (primary N) is 1. The van der Waals surface area contributed by atoms with Crippen LogP contribution in [0.1, 0.15) is 31.4 Å². The second-order valence-corrected chi connectivity index (χ2v) is 6.11. The number of phenolic OH excluding ortho intramolecular Hbond substituents is 1. The first-order valence-corrected chi connectivity index (χ1v) is 8.13. The van der Waals surface area contributed by atoms with E-state index in [1.807, 2.05) is 19.1 Å². The minimum Gasteiger partial charge on any atom is -0.504 e. The molecule has 1 heterocycles. The van der Waals surface area contributed by atoms with Gasteiger partial charge < -0.3 is 20.5 Å². The number of benzene rings is 1. The average molecular weight is 307 g/mol. The van der Waals surface area contributed by atoms with Crippen LogP contribution < -0.4 is 10.5 Å². The summed E-state index contributed by atoms with van der Waals surface area (Å²) in [6.45, 7) is 5.27. The van der Waals surface area contributed by atoms with Crippen molar-refractivity contribution >= 4 is 0 Å². The first kappa shape index (κ1) is 17.1. The Hall–Kier alpha value is -1.30. The minimum atomic E-state index is 0.146. The van der Waals surface area contributed by atoms with Gasteiger partial charge in [0.2, 0.25) is 0 Å². The Labute approximate surface area is 133 Å². The normalized spacial score (nSPS) is 18.6. The van der Waals surface area contributed by atoms with E-state index in [1.54, 1.807) is 6.07 Å². The Bertz CT molecular complexity index is 473. The molecule has 22 heavy (non-hydrogen) atoms. The van der Waals surface area contributed by atoms with E-state index >= 15 is 0 Å². The van der Waals surface area contributed by atoms with Crippen molar-refractivity contribution in [1.29, 1.82) is 0 Å². The lowest BCUT2D eigenvalue weighted by Crippen LogP contribution is -2.45. The number of ether oxygens (including phenoxy) is 1. The number of nitrogens with zero attached hydrogens (tertiary/aromatic N) is 2. The smallest absolute Gasteiger partial charge is 0.161 e. The van der Waals surface area contributed by atoms with E-state index in [9.17, 15) is 5.11 Å². The second-order valence-electron chi connectivity index (χ2n) is 6.11. The molecule has 0 radical (unpaired) electrons. The molecule has 1 aliphatic rings. The SMILES string of the molecule is CCOc1cc(C(CN)N(C)C2CCN(C)CC2)ccc1O. The summed E-state index contributed by atoms with van der Waals surface area (Å²) < 4.78 is 5.50. The molecule has 1 aliphatic heterocycles. The highest BCUT2D eigenvalue weighted by atomic mass is 16.5. The monoisotopic (exact) mass is 307 g/mol. The van der Waals surface area contributed by atoms with Crippen LogP contribution >= 0.6 is 0 Å². The van der Waals surface area contributed by atoms with E-state index in [2.05, 4.69) is 23.9 Å². The molecule has 5 nitrogen and oxygen atoms in total. The number of phenols is 1. The van der Waals surface area contributed by atoms with Crippen molar-refractivity contribution in [3.63, 3.8) is 0 Å². The van der Waals surface area contributed by atoms with Gasteiger partial charge in [0.1, 0.15) is 0 Å². The quantitative estimate of drug-likeness (QED) is 0.839. The molecule has 0 bridgehead atoms. The van der Waals surface area contributed by atoms with Crippen LogP contribution in [0.4, 0.5) is 0 Å². The third kappa shape index (κ3) is 3.91. The maximum absolute atomic E-state index is 9.86. The lowest BCUT2D eigenvalue weighted by atomic mass is 9.98. The molecule has 1 unspecified atom stereocenters. The molecule has 0 amide bonds. The first-order chi connectivity index (χ1) is 10.6. The maximum Gasteiger partial charge on any atom is 0.161 e. The highest BCUT2D eigenvalue weighted by Gasteiger charge is 2.26. The van der Waals surface area contributed by atoms with Gasteiger partial charge in [-0.3, -0.25) is 4.90 Å². The third-order valence-corrected chi connectivity index (χ3v) is 4.65. The first-order valence-electron chi connectivity index (χ1n) is 8.13. The van der Waals surface area contributed by atoms with Gasteiger partial charge in [-0.15, -0.1) is 0 Å². The van der Waals surface area contributed by atoms with Crippen LogP contribution in [-0.4, -0.2) is 61.3 Å². The summed E-state index contributed by atoms with van der Waals surface area (Å²) in [5, 5.41) is 9.86. The van der Waals surface area contributed by atoms with Gasteiger partial charge in [-0.05, 0) is 64.6 Å². The molecule has 0 spiro atoms. The molecule has 1 aromatic carbocycles. The topological polar surface area (TPSA) is 62.0 Å². The van der Waals surface area contributed by atoms with E-state index in [-0.39, 0.29) is 11.8 Å². The minimum absolute atomic E-state index is 0.146. The van der Waals surface area contributed by atoms with E-state index in [4.69, 9.17) is 10.5 Å². The Kier molecular flexibility index (Phi) is 6.06. The zero-order chi connectivity index (χ0) is 16.1. The molecule has 0 saturated carbocycles. The van der Waals surface area contributed by atoms with Crippen LogP contribution in [0.15, 0.2) is 18.2 Å². The molecule has 3 N–H and O–H groups in total. The van der Waals surface area contributed by atoms with Crippen LogP contribution in [0.5, 0.6) is 11.5 Å². The summed E-state index contributed by atoms with van der Waals surface area (Å²) in [5.41, 5.74) is 7.15. The fraction of sp³-hybridized carbons (Fsp3) is 0.647. The van der Waals surface area contributed by atoms with Crippen molar-refractivity contribution in [3.05, 3.63) is 23.8 Å². The van der Waals surface area contributed by atoms with Gasteiger partial charge in [-0.2, -0.15) is 0 Å². The Balaban J connectivity index is 2.14. The van der Waals surface area contributed by atoms with Gasteiger partial charge in [0.25, 0.3) is 0 Å². The van der Waals surface area contributed by atoms with Crippen LogP contribution in [0.25, 0.3) is 0 Å². The van der Waals surface area contributed by atoms with E-state index in [1.165, 1.54) is 12.8 Å². The lowest BCUT2D eigenvalue weighted by molar-refractivity contribution is 0.109. The molecule has 1 fully saturated rings. The van der Waals surface area contributed by atoms with Crippen molar-refractivity contribution in [3.8, 4) is 11.5 Å². The number of likely N-dealkylation sites (N-methyl/N-ethyl adjacent to an activating group) is 1. The molecule has 2 rings (SSSR count). The molecular formula is C17H29N3O2. The molecule has 0 aromatic heterocycles. The number of likely N-dealkylation sites (tertiary alicyclic amines) is 1. The summed E-state index contributed by atoms with van der Waals surface area (Å²) in [6.07, 6.45) is 2.33. The fourth-order valence-corrected chi connectivity index (χ4v) is 3.20. The molecule has 1 atom stereocenters. The summed E-state index contributed by atoms with van der Waals surface area (Å²) >= 11 is 0. The highest BCUT2D eigenvalue weighted by Crippen LogP contribution is 2.32.